The molecule has 1 aliphatic carbocycles. The molecule has 7 N–H and O–H groups in total. The number of piperazine rings is 1. The Kier molecular flexibility index (Phi) is 13.6. The van der Waals surface area contributed by atoms with Crippen molar-refractivity contribution in [3.63, 3.8) is 0 Å². The number of amides is 1. The van der Waals surface area contributed by atoms with Crippen molar-refractivity contribution in [3.05, 3.63) is 52.8 Å². The second kappa shape index (κ2) is 18.1. The topological polar surface area (TPSA) is 214 Å². The van der Waals surface area contributed by atoms with Crippen LogP contribution < -0.4 is 10.1 Å². The summed E-state index contributed by atoms with van der Waals surface area (Å²) in [6.45, 7) is 14.1. The third kappa shape index (κ3) is 8.47. The van der Waals surface area contributed by atoms with E-state index < -0.39 is 82.8 Å². The average molecular weight is 835 g/mol. The third-order valence-electron chi connectivity index (χ3n) is 13.3. The van der Waals surface area contributed by atoms with Crippen molar-refractivity contribution in [1.82, 2.24) is 9.91 Å². The highest BCUT2D eigenvalue weighted by atomic mass is 16.7. The summed E-state index contributed by atoms with van der Waals surface area (Å²) >= 11 is 0. The van der Waals surface area contributed by atoms with E-state index in [-0.39, 0.29) is 44.5 Å². The van der Waals surface area contributed by atoms with Crippen LogP contribution in [0.25, 0.3) is 10.8 Å². The summed E-state index contributed by atoms with van der Waals surface area (Å²) in [6, 6.07) is 0.561. The molecular formula is C45H62N4O11. The van der Waals surface area contributed by atoms with E-state index in [4.69, 9.17) is 14.2 Å². The Morgan fingerprint density at radius 3 is 2.15 bits per heavy atom. The number of carbonyl (C=O) groups excluding carboxylic acids is 2. The highest BCUT2D eigenvalue weighted by Gasteiger charge is 2.50. The van der Waals surface area contributed by atoms with Crippen LogP contribution in [0.5, 0.6) is 23.0 Å². The number of aliphatic hydroxyl groups is 3. The first-order valence-corrected chi connectivity index (χ1v) is 21.0. The van der Waals surface area contributed by atoms with Gasteiger partial charge < -0.3 is 50.2 Å². The highest BCUT2D eigenvalue weighted by Crippen LogP contribution is 2.55. The number of aromatic hydroxyl groups is 3. The van der Waals surface area contributed by atoms with E-state index in [9.17, 15) is 40.2 Å². The van der Waals surface area contributed by atoms with Gasteiger partial charge >= 0.3 is 5.79 Å². The average Bonchev–Trinajstić information content (AvgIpc) is 3.87. The molecule has 2 fully saturated rings. The number of Topliss-reactive ketones (excluding diaryl/α,β-unsaturated/α-hetero) is 1. The standard InChI is InChI=1S/C45H62N4O11/c1-23-12-11-13-24(2)44(57)47-35-30(22-46-49-19-17-48(18-20-49)29-14-9-10-15-29)40(54)32-33(41(35)55)39(53)28(6)42-34(32)43(56)45(7,60-42)59-21-16-31(58-8)25(3)37(51)27(5)38(52)26(4)36(23)50/h11-13,16,21-23,25-27,29,31,36-38,50-55H,9-10,14-15,17-20H2,1-8H3,(H,47,57)/b12-11+,21-16+,24-13?,46-22+/t23-,25+,26+,27-,31-,36-,37+,38+,45-/m0/s1. The van der Waals surface area contributed by atoms with Gasteiger partial charge in [0.1, 0.15) is 17.2 Å². The van der Waals surface area contributed by atoms with Gasteiger partial charge in [-0.25, -0.2) is 0 Å². The number of anilines is 1. The minimum atomic E-state index is -2.01. The van der Waals surface area contributed by atoms with Gasteiger partial charge in [-0.15, -0.1) is 0 Å². The van der Waals surface area contributed by atoms with Crippen LogP contribution >= 0.6 is 0 Å². The van der Waals surface area contributed by atoms with Crippen molar-refractivity contribution in [2.75, 3.05) is 38.6 Å². The van der Waals surface area contributed by atoms with Gasteiger partial charge in [-0.05, 0) is 32.8 Å². The molecule has 1 saturated heterocycles. The summed E-state index contributed by atoms with van der Waals surface area (Å²) in [5.74, 6) is -7.52. The Hall–Kier alpha value is -4.67. The van der Waals surface area contributed by atoms with Crippen LogP contribution in [0.1, 0.15) is 88.7 Å². The molecule has 1 saturated carbocycles. The Bertz CT molecular complexity index is 2070. The van der Waals surface area contributed by atoms with Gasteiger partial charge in [0.15, 0.2) is 5.75 Å². The van der Waals surface area contributed by atoms with E-state index in [1.165, 1.54) is 71.3 Å². The van der Waals surface area contributed by atoms with Gasteiger partial charge in [0.25, 0.3) is 11.7 Å². The van der Waals surface area contributed by atoms with E-state index in [0.717, 1.165) is 13.1 Å². The molecule has 0 radical (unpaired) electrons. The lowest BCUT2D eigenvalue weighted by atomic mass is 9.78. The number of nitrogens with zero attached hydrogens (tertiary/aromatic N) is 3. The normalized spacial score (nSPS) is 32.6. The minimum Gasteiger partial charge on any atom is -0.507 e. The minimum absolute atomic E-state index is 0.0742. The number of hydrogen-bond donors (Lipinski definition) is 7. The van der Waals surface area contributed by atoms with Gasteiger partial charge in [0.05, 0.1) is 59.1 Å². The highest BCUT2D eigenvalue weighted by molar-refractivity contribution is 6.23. The number of methoxy groups -OCH3 is 1. The molecule has 15 heteroatoms. The zero-order chi connectivity index (χ0) is 43.8. The van der Waals surface area contributed by atoms with E-state index >= 15 is 0 Å². The molecule has 60 heavy (non-hydrogen) atoms. The number of carbonyl (C=O) groups is 2. The van der Waals surface area contributed by atoms with Gasteiger partial charge in [-0.2, -0.15) is 5.10 Å². The fourth-order valence-electron chi connectivity index (χ4n) is 9.08. The number of nitrogens with one attached hydrogen (secondary N) is 1. The van der Waals surface area contributed by atoms with Crippen molar-refractivity contribution < 1.29 is 54.4 Å². The lowest BCUT2D eigenvalue weighted by molar-refractivity contribution is -0.112. The number of rotatable bonds is 4. The van der Waals surface area contributed by atoms with Crippen molar-refractivity contribution in [1.29, 1.82) is 0 Å². The molecule has 0 aromatic heterocycles. The molecule has 1 amide bonds. The van der Waals surface area contributed by atoms with Gasteiger partial charge in [0.2, 0.25) is 0 Å². The first-order valence-electron chi connectivity index (χ1n) is 21.0. The first-order chi connectivity index (χ1) is 28.4. The Morgan fingerprint density at radius 1 is 0.867 bits per heavy atom. The van der Waals surface area contributed by atoms with E-state index in [1.807, 2.05) is 5.01 Å². The van der Waals surface area contributed by atoms with Crippen LogP contribution in [-0.4, -0.2) is 128 Å². The zero-order valence-corrected chi connectivity index (χ0v) is 35.9. The predicted molar refractivity (Wildman–Crippen MR) is 227 cm³/mol. The molecule has 0 unspecified atom stereocenters. The zero-order valence-electron chi connectivity index (χ0n) is 35.9. The Morgan fingerprint density at radius 2 is 1.50 bits per heavy atom. The number of benzene rings is 2. The van der Waals surface area contributed by atoms with Crippen LogP contribution in [-0.2, 0) is 14.3 Å². The molecule has 4 heterocycles. The molecule has 2 aromatic carbocycles. The summed E-state index contributed by atoms with van der Waals surface area (Å²) < 4.78 is 17.8. The number of phenols is 3. The Labute approximate surface area is 351 Å². The largest absolute Gasteiger partial charge is 0.507 e. The fraction of sp³-hybridized carbons (Fsp3) is 0.578. The molecule has 328 valence electrons. The summed E-state index contributed by atoms with van der Waals surface area (Å²) in [5.41, 5.74) is -0.233. The third-order valence-corrected chi connectivity index (χ3v) is 13.3. The lowest BCUT2D eigenvalue weighted by Crippen LogP contribution is -2.47. The quantitative estimate of drug-likeness (QED) is 0.122. The van der Waals surface area contributed by atoms with E-state index in [2.05, 4.69) is 15.3 Å². The maximum atomic E-state index is 14.4. The molecule has 4 aliphatic heterocycles. The number of phenolic OH excluding ortho intramolecular Hbond substituents is 3. The molecule has 15 nitrogen and oxygen atoms in total. The van der Waals surface area contributed by atoms with Crippen LogP contribution in [0.15, 0.2) is 41.2 Å². The van der Waals surface area contributed by atoms with Crippen LogP contribution in [0, 0.1) is 30.6 Å². The SMILES string of the molecule is CO[C@H]1/C=C/O[C@@]2(C)Oc3c(C)c(O)c4c(O)c(c(/C=N/N5CCN(C6CCCC6)CC5)c(O)c4c3C2=O)NC(=O)C(C)=C/C=C/[C@H](C)[C@H](O)[C@@H](C)[C@@H](O)[C@@H](C)[C@H](O)[C@@H]1C. The molecule has 0 spiro atoms. The monoisotopic (exact) mass is 834 g/mol. The lowest BCUT2D eigenvalue weighted by Gasteiger charge is -2.36. The summed E-state index contributed by atoms with van der Waals surface area (Å²) in [4.78, 5) is 30.7. The molecule has 7 rings (SSSR count). The fourth-order valence-corrected chi connectivity index (χ4v) is 9.08. The maximum absolute atomic E-state index is 14.4. The number of hydrazone groups is 1. The van der Waals surface area contributed by atoms with E-state index in [0.29, 0.717) is 19.1 Å². The molecule has 2 aromatic rings. The van der Waals surface area contributed by atoms with Crippen LogP contribution in [0.4, 0.5) is 5.69 Å². The number of fused-ring (bicyclic) bond motifs is 14. The predicted octanol–water partition coefficient (Wildman–Crippen LogP) is 5.08. The number of ketones is 1. The number of ether oxygens (including phenoxy) is 3. The maximum Gasteiger partial charge on any atom is 0.312 e. The van der Waals surface area contributed by atoms with Crippen LogP contribution in [0.2, 0.25) is 0 Å². The van der Waals surface area contributed by atoms with Crippen molar-refractivity contribution >= 4 is 34.4 Å². The van der Waals surface area contributed by atoms with Crippen molar-refractivity contribution in [2.45, 2.75) is 110 Å². The number of allylic oxidation sites excluding steroid dienone is 2. The molecular weight excluding hydrogens is 773 g/mol. The smallest absolute Gasteiger partial charge is 0.312 e. The van der Waals surface area contributed by atoms with Gasteiger partial charge in [-0.3, -0.25) is 19.5 Å². The van der Waals surface area contributed by atoms with Crippen molar-refractivity contribution in [2.24, 2.45) is 28.8 Å². The second-order valence-electron chi connectivity index (χ2n) is 17.2. The second-order valence-corrected chi connectivity index (χ2v) is 17.2. The van der Waals surface area contributed by atoms with Gasteiger partial charge in [0, 0.05) is 86.4 Å². The van der Waals surface area contributed by atoms with Crippen molar-refractivity contribution in [3.8, 4) is 23.0 Å². The van der Waals surface area contributed by atoms with E-state index in [1.54, 1.807) is 46.8 Å². The first kappa shape index (κ1) is 44.9. The summed E-state index contributed by atoms with van der Waals surface area (Å²) in [7, 11) is 1.45. The number of aliphatic hydroxyl groups excluding tert-OH is 3. The summed E-state index contributed by atoms with van der Waals surface area (Å²) in [5, 5.41) is 78.4. The molecule has 5 aliphatic rings. The van der Waals surface area contributed by atoms with Gasteiger partial charge in [-0.1, -0.05) is 58.8 Å². The Balaban J connectivity index is 1.46. The number of hydrogen-bond acceptors (Lipinski definition) is 14. The molecule has 5 bridgehead atoms. The molecule has 9 atom stereocenters. The van der Waals surface area contributed by atoms with Crippen LogP contribution in [0.3, 0.4) is 0 Å². The summed E-state index contributed by atoms with van der Waals surface area (Å²) in [6.07, 6.45) is 9.71.